The van der Waals surface area contributed by atoms with Crippen molar-refractivity contribution in [3.8, 4) is 0 Å². The Kier molecular flexibility index (Phi) is 5.15. The van der Waals surface area contributed by atoms with Gasteiger partial charge in [0, 0.05) is 12.6 Å². The predicted molar refractivity (Wildman–Crippen MR) is 112 cm³/mol. The molecule has 4 rings (SSSR count). The van der Waals surface area contributed by atoms with E-state index in [-0.39, 0.29) is 12.6 Å². The lowest BCUT2D eigenvalue weighted by Crippen LogP contribution is -2.34. The van der Waals surface area contributed by atoms with Crippen LogP contribution >= 0.6 is 0 Å². The topological polar surface area (TPSA) is 98.8 Å². The number of anilines is 1. The molecule has 1 aromatic heterocycles. The molecule has 9 heteroatoms. The number of nitrogens with zero attached hydrogens (tertiary/aromatic N) is 2. The summed E-state index contributed by atoms with van der Waals surface area (Å²) >= 11 is 0. The number of esters is 1. The Hall–Kier alpha value is -3.07. The lowest BCUT2D eigenvalue weighted by atomic mass is 10.1. The molecule has 0 aliphatic carbocycles. The monoisotopic (exact) mass is 430 g/mol. The van der Waals surface area contributed by atoms with Gasteiger partial charge in [-0.1, -0.05) is 12.1 Å². The number of hydrogen-bond acceptors (Lipinski definition) is 6. The number of aryl methyl sites for hydroxylation is 1. The molecule has 0 saturated carbocycles. The Bertz CT molecular complexity index is 1270. The normalized spacial score (nSPS) is 16.1. The van der Waals surface area contributed by atoms with Crippen molar-refractivity contribution >= 4 is 32.8 Å². The molecule has 8 nitrogen and oxygen atoms in total. The lowest BCUT2D eigenvalue weighted by molar-refractivity contribution is 0.0496. The van der Waals surface area contributed by atoms with Gasteiger partial charge in [0.25, 0.3) is 0 Å². The summed E-state index contributed by atoms with van der Waals surface area (Å²) < 4.78 is 37.4. The number of ether oxygens (including phenoxy) is 1. The van der Waals surface area contributed by atoms with Crippen LogP contribution in [0.1, 0.15) is 29.3 Å². The molecule has 2 aromatic carbocycles. The van der Waals surface area contributed by atoms with Gasteiger partial charge < -0.3 is 9.15 Å². The van der Waals surface area contributed by atoms with E-state index in [1.807, 2.05) is 13.0 Å². The molecule has 0 saturated heterocycles. The van der Waals surface area contributed by atoms with Crippen molar-refractivity contribution in [3.63, 3.8) is 0 Å². The Morgan fingerprint density at radius 3 is 2.77 bits per heavy atom. The highest BCUT2D eigenvalue weighted by atomic mass is 32.2. The number of sulfonamides is 1. The summed E-state index contributed by atoms with van der Waals surface area (Å²) in [6.45, 7) is 2.35. The van der Waals surface area contributed by atoms with E-state index in [9.17, 15) is 18.0 Å². The number of carbonyl (C=O) groups is 1. The number of carbonyl (C=O) groups excluding carboxylic acids is 1. The number of oxazole rings is 1. The molecular weight excluding hydrogens is 408 g/mol. The van der Waals surface area contributed by atoms with E-state index in [2.05, 4.69) is 0 Å². The van der Waals surface area contributed by atoms with E-state index < -0.39 is 21.7 Å². The first-order valence-corrected chi connectivity index (χ1v) is 11.5. The number of aromatic nitrogens is 1. The summed E-state index contributed by atoms with van der Waals surface area (Å²) in [5.41, 5.74) is 3.01. The van der Waals surface area contributed by atoms with Crippen molar-refractivity contribution in [2.24, 2.45) is 0 Å². The Morgan fingerprint density at radius 2 is 2.00 bits per heavy atom. The Balaban J connectivity index is 1.39. The first-order chi connectivity index (χ1) is 14.3. The summed E-state index contributed by atoms with van der Waals surface area (Å²) in [6.07, 6.45) is 2.17. The SMILES string of the molecule is CC1Cc2cc(C(=O)OCCCn3c(=O)oc4ccccc43)ccc2N1S(C)(=O)=O. The van der Waals surface area contributed by atoms with E-state index in [4.69, 9.17) is 9.15 Å². The maximum atomic E-state index is 12.4. The van der Waals surface area contributed by atoms with Crippen molar-refractivity contribution in [2.45, 2.75) is 32.4 Å². The fraction of sp³-hybridized carbons (Fsp3) is 0.333. The van der Waals surface area contributed by atoms with E-state index in [0.29, 0.717) is 41.7 Å². The fourth-order valence-corrected chi connectivity index (χ4v) is 5.20. The summed E-state index contributed by atoms with van der Waals surface area (Å²) in [5, 5.41) is 0. The second kappa shape index (κ2) is 7.64. The predicted octanol–water partition coefficient (Wildman–Crippen LogP) is 2.55. The average molecular weight is 430 g/mol. The lowest BCUT2D eigenvalue weighted by Gasteiger charge is -2.21. The smallest absolute Gasteiger partial charge is 0.419 e. The zero-order valence-corrected chi connectivity index (χ0v) is 17.5. The van der Waals surface area contributed by atoms with Gasteiger partial charge >= 0.3 is 11.7 Å². The first kappa shape index (κ1) is 20.2. The molecule has 1 atom stereocenters. The van der Waals surface area contributed by atoms with Crippen LogP contribution in [0.5, 0.6) is 0 Å². The summed E-state index contributed by atoms with van der Waals surface area (Å²) in [5.74, 6) is -0.918. The van der Waals surface area contributed by atoms with Crippen LogP contribution in [-0.2, 0) is 27.7 Å². The van der Waals surface area contributed by atoms with Gasteiger partial charge in [0.05, 0.1) is 29.6 Å². The highest BCUT2D eigenvalue weighted by Gasteiger charge is 2.32. The number of para-hydroxylation sites is 2. The quantitative estimate of drug-likeness (QED) is 0.440. The minimum absolute atomic E-state index is 0.147. The maximum Gasteiger partial charge on any atom is 0.419 e. The highest BCUT2D eigenvalue weighted by Crippen LogP contribution is 2.34. The van der Waals surface area contributed by atoms with E-state index >= 15 is 0 Å². The van der Waals surface area contributed by atoms with E-state index in [1.54, 1.807) is 36.4 Å². The molecule has 0 spiro atoms. The van der Waals surface area contributed by atoms with Gasteiger partial charge in [-0.2, -0.15) is 0 Å². The number of benzene rings is 2. The van der Waals surface area contributed by atoms with E-state index in [1.165, 1.54) is 15.1 Å². The Labute approximate surface area is 173 Å². The molecule has 0 fully saturated rings. The molecule has 158 valence electrons. The van der Waals surface area contributed by atoms with Crippen LogP contribution in [-0.4, -0.2) is 37.9 Å². The molecule has 30 heavy (non-hydrogen) atoms. The fourth-order valence-electron chi connectivity index (χ4n) is 3.93. The largest absolute Gasteiger partial charge is 0.462 e. The highest BCUT2D eigenvalue weighted by molar-refractivity contribution is 7.92. The molecule has 1 aliphatic heterocycles. The van der Waals surface area contributed by atoms with Gasteiger partial charge in [-0.15, -0.1) is 0 Å². The van der Waals surface area contributed by atoms with Crippen molar-refractivity contribution in [3.05, 3.63) is 64.1 Å². The van der Waals surface area contributed by atoms with Crippen LogP contribution in [0.15, 0.2) is 51.7 Å². The van der Waals surface area contributed by atoms with E-state index in [0.717, 1.165) is 5.56 Å². The Morgan fingerprint density at radius 1 is 1.23 bits per heavy atom. The van der Waals surface area contributed by atoms with Gasteiger partial charge in [0.2, 0.25) is 10.0 Å². The van der Waals surface area contributed by atoms with Crippen molar-refractivity contribution in [2.75, 3.05) is 17.2 Å². The number of rotatable bonds is 6. The van der Waals surface area contributed by atoms with Crippen LogP contribution in [0.2, 0.25) is 0 Å². The maximum absolute atomic E-state index is 12.4. The minimum Gasteiger partial charge on any atom is -0.462 e. The van der Waals surface area contributed by atoms with Crippen molar-refractivity contribution in [1.82, 2.24) is 4.57 Å². The van der Waals surface area contributed by atoms with Gasteiger partial charge in [-0.3, -0.25) is 8.87 Å². The summed E-state index contributed by atoms with van der Waals surface area (Å²) in [7, 11) is -3.37. The average Bonchev–Trinajstić information content (AvgIpc) is 3.19. The molecule has 0 N–H and O–H groups in total. The molecule has 0 bridgehead atoms. The summed E-state index contributed by atoms with van der Waals surface area (Å²) in [4.78, 5) is 24.4. The molecule has 2 heterocycles. The van der Waals surface area contributed by atoms with Crippen LogP contribution < -0.4 is 10.1 Å². The van der Waals surface area contributed by atoms with Gasteiger partial charge in [-0.25, -0.2) is 18.0 Å². The standard InChI is InChI=1S/C21H22N2O6S/c1-14-12-16-13-15(8-9-17(16)23(14)30(2,26)27)20(24)28-11-5-10-22-18-6-3-4-7-19(18)29-21(22)25/h3-4,6-9,13-14H,5,10-12H2,1-2H3. The molecule has 3 aromatic rings. The molecule has 1 aliphatic rings. The first-order valence-electron chi connectivity index (χ1n) is 9.63. The zero-order chi connectivity index (χ0) is 21.5. The van der Waals surface area contributed by atoms with Gasteiger partial charge in [-0.05, 0) is 55.7 Å². The molecule has 1 unspecified atom stereocenters. The number of fused-ring (bicyclic) bond motifs is 2. The summed E-state index contributed by atoms with van der Waals surface area (Å²) in [6, 6.07) is 11.9. The number of hydrogen-bond donors (Lipinski definition) is 0. The van der Waals surface area contributed by atoms with Crippen LogP contribution in [0, 0.1) is 0 Å². The third-order valence-corrected chi connectivity index (χ3v) is 6.43. The van der Waals surface area contributed by atoms with Crippen molar-refractivity contribution in [1.29, 1.82) is 0 Å². The third-order valence-electron chi connectivity index (χ3n) is 5.16. The van der Waals surface area contributed by atoms with Crippen LogP contribution in [0.25, 0.3) is 11.1 Å². The van der Waals surface area contributed by atoms with Crippen molar-refractivity contribution < 1.29 is 22.4 Å². The second-order valence-corrected chi connectivity index (χ2v) is 9.29. The van der Waals surface area contributed by atoms with Gasteiger partial charge in [0.15, 0.2) is 5.58 Å². The minimum atomic E-state index is -3.37. The molecule has 0 radical (unpaired) electrons. The second-order valence-electron chi connectivity index (χ2n) is 7.43. The van der Waals surface area contributed by atoms with Crippen LogP contribution in [0.4, 0.5) is 5.69 Å². The molecular formula is C21H22N2O6S. The zero-order valence-electron chi connectivity index (χ0n) is 16.7. The third kappa shape index (κ3) is 3.72. The van der Waals surface area contributed by atoms with Gasteiger partial charge in [0.1, 0.15) is 0 Å². The molecule has 0 amide bonds. The van der Waals surface area contributed by atoms with Crippen LogP contribution in [0.3, 0.4) is 0 Å².